The first kappa shape index (κ1) is 13.5. The van der Waals surface area contributed by atoms with E-state index in [1.165, 1.54) is 5.56 Å². The molecule has 0 aliphatic carbocycles. The summed E-state index contributed by atoms with van der Waals surface area (Å²) >= 11 is 0. The van der Waals surface area contributed by atoms with Crippen LogP contribution in [0.5, 0.6) is 5.75 Å². The van der Waals surface area contributed by atoms with Crippen LogP contribution in [0.4, 0.5) is 5.69 Å². The van der Waals surface area contributed by atoms with Crippen LogP contribution >= 0.6 is 0 Å². The summed E-state index contributed by atoms with van der Waals surface area (Å²) in [4.78, 5) is 0. The Balaban J connectivity index is 2.63. The number of nitrogens with one attached hydrogen (secondary N) is 1. The molecule has 2 aromatic rings. The molecule has 0 saturated carbocycles. The molecule has 0 unspecified atom stereocenters. The van der Waals surface area contributed by atoms with E-state index in [0.29, 0.717) is 5.69 Å². The maximum Gasteiger partial charge on any atom is 0.128 e. The number of aryl methyl sites for hydroxylation is 1. The van der Waals surface area contributed by atoms with E-state index < -0.39 is 0 Å². The molecule has 19 heavy (non-hydrogen) atoms. The number of nitrogens with two attached hydrogens (primary N) is 1. The number of aromatic nitrogens is 2. The molecule has 0 amide bonds. The number of benzene rings is 1. The van der Waals surface area contributed by atoms with Gasteiger partial charge in [0.25, 0.3) is 0 Å². The lowest BCUT2D eigenvalue weighted by atomic mass is 9.85. The van der Waals surface area contributed by atoms with Gasteiger partial charge in [-0.15, -0.1) is 0 Å². The van der Waals surface area contributed by atoms with Gasteiger partial charge in [-0.2, -0.15) is 5.10 Å². The summed E-state index contributed by atoms with van der Waals surface area (Å²) in [7, 11) is 1.66. The predicted octanol–water partition coefficient (Wildman–Crippen LogP) is 3.27. The van der Waals surface area contributed by atoms with E-state index in [1.54, 1.807) is 7.11 Å². The number of hydrogen-bond acceptors (Lipinski definition) is 3. The van der Waals surface area contributed by atoms with E-state index in [1.807, 2.05) is 13.0 Å². The SMILES string of the molecule is COc1ccc(C(C)(C)C)cc1-c1n[nH]c(C)c1N. The molecule has 0 aliphatic heterocycles. The standard InChI is InChI=1S/C15H21N3O/c1-9-13(16)14(18-17-9)11-8-10(15(2,3)4)6-7-12(11)19-5/h6-8H,16H2,1-5H3,(H,17,18). The number of H-pyrrole nitrogens is 1. The summed E-state index contributed by atoms with van der Waals surface area (Å²) in [6.45, 7) is 8.44. The molecular weight excluding hydrogens is 238 g/mol. The first-order chi connectivity index (χ1) is 8.84. The summed E-state index contributed by atoms with van der Waals surface area (Å²) < 4.78 is 5.42. The largest absolute Gasteiger partial charge is 0.496 e. The summed E-state index contributed by atoms with van der Waals surface area (Å²) in [5, 5.41) is 7.20. The molecule has 0 bridgehead atoms. The molecule has 2 rings (SSSR count). The molecule has 4 heteroatoms. The average Bonchev–Trinajstić information content (AvgIpc) is 2.68. The van der Waals surface area contributed by atoms with Gasteiger partial charge in [0, 0.05) is 5.56 Å². The van der Waals surface area contributed by atoms with Crippen LogP contribution in [0.2, 0.25) is 0 Å². The number of rotatable bonds is 2. The Morgan fingerprint density at radius 1 is 1.26 bits per heavy atom. The fourth-order valence-electron chi connectivity index (χ4n) is 2.00. The van der Waals surface area contributed by atoms with Gasteiger partial charge in [-0.1, -0.05) is 26.8 Å². The minimum absolute atomic E-state index is 0.0706. The fraction of sp³-hybridized carbons (Fsp3) is 0.400. The highest BCUT2D eigenvalue weighted by Crippen LogP contribution is 2.36. The molecule has 1 aromatic carbocycles. The maximum absolute atomic E-state index is 6.07. The van der Waals surface area contributed by atoms with Crippen LogP contribution in [0.1, 0.15) is 32.0 Å². The van der Waals surface area contributed by atoms with Gasteiger partial charge >= 0.3 is 0 Å². The van der Waals surface area contributed by atoms with Crippen LogP contribution in [0.3, 0.4) is 0 Å². The molecule has 1 heterocycles. The molecule has 102 valence electrons. The Kier molecular flexibility index (Phi) is 3.27. The molecule has 0 aliphatic rings. The van der Waals surface area contributed by atoms with Gasteiger partial charge in [0.15, 0.2) is 0 Å². The van der Waals surface area contributed by atoms with Crippen LogP contribution < -0.4 is 10.5 Å². The highest BCUT2D eigenvalue weighted by molar-refractivity contribution is 5.79. The number of nitrogens with zero attached hydrogens (tertiary/aromatic N) is 1. The fourth-order valence-corrected chi connectivity index (χ4v) is 2.00. The second-order valence-electron chi connectivity index (χ2n) is 5.78. The van der Waals surface area contributed by atoms with Crippen molar-refractivity contribution in [2.24, 2.45) is 0 Å². The first-order valence-electron chi connectivity index (χ1n) is 6.34. The summed E-state index contributed by atoms with van der Waals surface area (Å²) in [5.74, 6) is 0.784. The molecule has 0 radical (unpaired) electrons. The van der Waals surface area contributed by atoms with Crippen LogP contribution in [0.25, 0.3) is 11.3 Å². The Morgan fingerprint density at radius 2 is 1.95 bits per heavy atom. The van der Waals surface area contributed by atoms with Gasteiger partial charge in [0.1, 0.15) is 11.4 Å². The van der Waals surface area contributed by atoms with Crippen molar-refractivity contribution in [1.82, 2.24) is 10.2 Å². The van der Waals surface area contributed by atoms with Gasteiger partial charge in [0.2, 0.25) is 0 Å². The van der Waals surface area contributed by atoms with Crippen LogP contribution in [-0.2, 0) is 5.41 Å². The molecule has 1 aromatic heterocycles. The third-order valence-corrected chi connectivity index (χ3v) is 3.32. The normalized spacial score (nSPS) is 11.6. The van der Waals surface area contributed by atoms with Gasteiger partial charge in [-0.3, -0.25) is 5.10 Å². The quantitative estimate of drug-likeness (QED) is 0.870. The number of nitrogen functional groups attached to an aromatic ring is 1. The molecule has 0 atom stereocenters. The van der Waals surface area contributed by atoms with E-state index in [2.05, 4.69) is 43.1 Å². The lowest BCUT2D eigenvalue weighted by Gasteiger charge is -2.20. The van der Waals surface area contributed by atoms with E-state index in [-0.39, 0.29) is 5.41 Å². The number of hydrogen-bond donors (Lipinski definition) is 2. The molecule has 0 fully saturated rings. The topological polar surface area (TPSA) is 63.9 Å². The minimum Gasteiger partial charge on any atom is -0.496 e. The van der Waals surface area contributed by atoms with Gasteiger partial charge in [-0.25, -0.2) is 0 Å². The van der Waals surface area contributed by atoms with Gasteiger partial charge in [-0.05, 0) is 30.0 Å². The van der Waals surface area contributed by atoms with Crippen molar-refractivity contribution in [2.75, 3.05) is 12.8 Å². The molecule has 3 N–H and O–H groups in total. The Labute approximate surface area is 114 Å². The lowest BCUT2D eigenvalue weighted by Crippen LogP contribution is -2.11. The zero-order valence-corrected chi connectivity index (χ0v) is 12.2. The van der Waals surface area contributed by atoms with Crippen molar-refractivity contribution >= 4 is 5.69 Å². The molecule has 0 spiro atoms. The van der Waals surface area contributed by atoms with Crippen molar-refractivity contribution in [2.45, 2.75) is 33.1 Å². The predicted molar refractivity (Wildman–Crippen MR) is 78.4 cm³/mol. The zero-order valence-electron chi connectivity index (χ0n) is 12.2. The Morgan fingerprint density at radius 3 is 2.42 bits per heavy atom. The summed E-state index contributed by atoms with van der Waals surface area (Å²) in [6, 6.07) is 6.15. The number of methoxy groups -OCH3 is 1. The number of aromatic amines is 1. The maximum atomic E-state index is 6.07. The second kappa shape index (κ2) is 4.61. The van der Waals surface area contributed by atoms with Crippen molar-refractivity contribution in [3.8, 4) is 17.0 Å². The Bertz CT molecular complexity index is 594. The Hall–Kier alpha value is -1.97. The highest BCUT2D eigenvalue weighted by Gasteiger charge is 2.19. The lowest BCUT2D eigenvalue weighted by molar-refractivity contribution is 0.415. The van der Waals surface area contributed by atoms with E-state index in [4.69, 9.17) is 10.5 Å². The van der Waals surface area contributed by atoms with Crippen LogP contribution in [-0.4, -0.2) is 17.3 Å². The smallest absolute Gasteiger partial charge is 0.128 e. The van der Waals surface area contributed by atoms with Crippen LogP contribution in [0, 0.1) is 6.92 Å². The van der Waals surface area contributed by atoms with E-state index in [9.17, 15) is 0 Å². The third-order valence-electron chi connectivity index (χ3n) is 3.32. The second-order valence-corrected chi connectivity index (χ2v) is 5.78. The first-order valence-corrected chi connectivity index (χ1v) is 6.34. The van der Waals surface area contributed by atoms with Crippen molar-refractivity contribution in [3.05, 3.63) is 29.5 Å². The summed E-state index contributed by atoms with van der Waals surface area (Å²) in [5.41, 5.74) is 10.6. The number of ether oxygens (including phenoxy) is 1. The summed E-state index contributed by atoms with van der Waals surface area (Å²) in [6.07, 6.45) is 0. The molecule has 4 nitrogen and oxygen atoms in total. The number of anilines is 1. The zero-order chi connectivity index (χ0) is 14.2. The van der Waals surface area contributed by atoms with Gasteiger partial charge < -0.3 is 10.5 Å². The van der Waals surface area contributed by atoms with Crippen molar-refractivity contribution in [1.29, 1.82) is 0 Å². The van der Waals surface area contributed by atoms with E-state index >= 15 is 0 Å². The minimum atomic E-state index is 0.0706. The third kappa shape index (κ3) is 2.43. The van der Waals surface area contributed by atoms with Gasteiger partial charge in [0.05, 0.1) is 18.5 Å². The average molecular weight is 259 g/mol. The van der Waals surface area contributed by atoms with E-state index in [0.717, 1.165) is 22.7 Å². The molecule has 0 saturated heterocycles. The van der Waals surface area contributed by atoms with Crippen molar-refractivity contribution in [3.63, 3.8) is 0 Å². The monoisotopic (exact) mass is 259 g/mol. The highest BCUT2D eigenvalue weighted by atomic mass is 16.5. The van der Waals surface area contributed by atoms with Crippen LogP contribution in [0.15, 0.2) is 18.2 Å². The molecular formula is C15H21N3O. The van der Waals surface area contributed by atoms with Crippen molar-refractivity contribution < 1.29 is 4.74 Å².